The molecule has 1 heteroatoms. The fraction of sp³-hybridized carbons (Fsp3) is 1.00. The largest absolute Gasteiger partial charge is 0.307 e. The lowest BCUT2D eigenvalue weighted by molar-refractivity contribution is 0.328. The van der Waals surface area contributed by atoms with Gasteiger partial charge >= 0.3 is 0 Å². The fourth-order valence-corrected chi connectivity index (χ4v) is 1.07. The minimum absolute atomic E-state index is 0.917. The molecule has 1 atom stereocenters. The summed E-state index contributed by atoms with van der Waals surface area (Å²) in [5, 5.41) is 0. The van der Waals surface area contributed by atoms with E-state index in [0.29, 0.717) is 0 Å². The molecule has 0 radical (unpaired) electrons. The molecule has 0 heterocycles. The zero-order chi connectivity index (χ0) is 12.7. The molecule has 0 aromatic rings. The maximum atomic E-state index is 2.38. The van der Waals surface area contributed by atoms with Crippen LogP contribution in [0, 0.1) is 5.92 Å². The molecule has 0 N–H and O–H groups in total. The molecule has 96 valence electrons. The van der Waals surface area contributed by atoms with Crippen molar-refractivity contribution in [2.75, 3.05) is 20.1 Å². The Labute approximate surface area is 99.3 Å². The lowest BCUT2D eigenvalue weighted by atomic mass is 10.0. The standard InChI is InChI=1S/C10H23N.2C2H6/c1-5-10(3)8-7-9-11(4)6-2;2*1-2/h10H,5-9H2,1-4H3;2*1-2H3/t10-;;/m1../s1. The average Bonchev–Trinajstić information content (AvgIpc) is 2.33. The first-order chi connectivity index (χ1) is 7.20. The molecule has 15 heavy (non-hydrogen) atoms. The van der Waals surface area contributed by atoms with Gasteiger partial charge in [0.2, 0.25) is 0 Å². The van der Waals surface area contributed by atoms with Crippen molar-refractivity contribution in [1.29, 1.82) is 0 Å². The van der Waals surface area contributed by atoms with E-state index in [0.717, 1.165) is 5.92 Å². The van der Waals surface area contributed by atoms with Crippen molar-refractivity contribution in [3.05, 3.63) is 0 Å². The second kappa shape index (κ2) is 19.5. The fourth-order valence-electron chi connectivity index (χ4n) is 1.07. The maximum Gasteiger partial charge on any atom is -0.00218 e. The monoisotopic (exact) mass is 217 g/mol. The van der Waals surface area contributed by atoms with Crippen LogP contribution in [0.5, 0.6) is 0 Å². The highest BCUT2D eigenvalue weighted by Crippen LogP contribution is 2.08. The van der Waals surface area contributed by atoms with E-state index in [9.17, 15) is 0 Å². The summed E-state index contributed by atoms with van der Waals surface area (Å²) in [7, 11) is 2.19. The molecule has 0 aromatic carbocycles. The van der Waals surface area contributed by atoms with Gasteiger partial charge in [-0.1, -0.05) is 54.9 Å². The topological polar surface area (TPSA) is 3.24 Å². The van der Waals surface area contributed by atoms with E-state index in [1.165, 1.54) is 32.4 Å². The predicted octanol–water partition coefficient (Wildman–Crippen LogP) is 4.82. The van der Waals surface area contributed by atoms with Gasteiger partial charge in [-0.2, -0.15) is 0 Å². The van der Waals surface area contributed by atoms with E-state index in [1.54, 1.807) is 0 Å². The summed E-state index contributed by atoms with van der Waals surface area (Å²) in [6, 6.07) is 0. The summed E-state index contributed by atoms with van der Waals surface area (Å²) in [5.41, 5.74) is 0. The summed E-state index contributed by atoms with van der Waals surface area (Å²) in [6.45, 7) is 17.3. The highest BCUT2D eigenvalue weighted by molar-refractivity contribution is 4.53. The van der Waals surface area contributed by atoms with Gasteiger partial charge in [0.05, 0.1) is 0 Å². The first-order valence-corrected chi connectivity index (χ1v) is 6.89. The van der Waals surface area contributed by atoms with E-state index in [-0.39, 0.29) is 0 Å². The molecule has 0 aliphatic carbocycles. The Morgan fingerprint density at radius 1 is 1.00 bits per heavy atom. The minimum Gasteiger partial charge on any atom is -0.307 e. The smallest absolute Gasteiger partial charge is 0.00218 e. The highest BCUT2D eigenvalue weighted by Gasteiger charge is 1.99. The molecular formula is C14H35N. The highest BCUT2D eigenvalue weighted by atomic mass is 15.1. The molecule has 0 rings (SSSR count). The van der Waals surface area contributed by atoms with Crippen LogP contribution in [0.2, 0.25) is 0 Å². The van der Waals surface area contributed by atoms with E-state index < -0.39 is 0 Å². The minimum atomic E-state index is 0.917. The first-order valence-electron chi connectivity index (χ1n) is 6.89. The number of rotatable bonds is 6. The van der Waals surface area contributed by atoms with Crippen molar-refractivity contribution in [2.24, 2.45) is 5.92 Å². The lowest BCUT2D eigenvalue weighted by Crippen LogP contribution is -2.19. The zero-order valence-electron chi connectivity index (χ0n) is 12.6. The summed E-state index contributed by atoms with van der Waals surface area (Å²) >= 11 is 0. The Bertz CT molecular complexity index is 71.4. The first kappa shape index (κ1) is 20.4. The van der Waals surface area contributed by atoms with Crippen LogP contribution in [0.15, 0.2) is 0 Å². The van der Waals surface area contributed by atoms with Crippen molar-refractivity contribution >= 4 is 0 Å². The number of hydrogen-bond donors (Lipinski definition) is 0. The molecule has 0 aliphatic rings. The summed E-state index contributed by atoms with van der Waals surface area (Å²) in [5.74, 6) is 0.917. The number of nitrogens with zero attached hydrogens (tertiary/aromatic N) is 1. The van der Waals surface area contributed by atoms with E-state index in [4.69, 9.17) is 0 Å². The molecule has 0 aliphatic heterocycles. The SMILES string of the molecule is CC.CC.CC[C@@H](C)CCCN(C)CC. The van der Waals surface area contributed by atoms with Gasteiger partial charge < -0.3 is 4.90 Å². The van der Waals surface area contributed by atoms with E-state index in [2.05, 4.69) is 32.7 Å². The van der Waals surface area contributed by atoms with Gasteiger partial charge in [-0.05, 0) is 38.9 Å². The third-order valence-corrected chi connectivity index (χ3v) is 2.47. The van der Waals surface area contributed by atoms with Gasteiger partial charge in [0.1, 0.15) is 0 Å². The third-order valence-electron chi connectivity index (χ3n) is 2.47. The van der Waals surface area contributed by atoms with Gasteiger partial charge in [0.15, 0.2) is 0 Å². The van der Waals surface area contributed by atoms with Gasteiger partial charge in [-0.25, -0.2) is 0 Å². The van der Waals surface area contributed by atoms with Gasteiger partial charge in [-0.15, -0.1) is 0 Å². The van der Waals surface area contributed by atoms with Crippen LogP contribution in [0.3, 0.4) is 0 Å². The van der Waals surface area contributed by atoms with Crippen LogP contribution >= 0.6 is 0 Å². The molecule has 0 amide bonds. The van der Waals surface area contributed by atoms with Crippen molar-refractivity contribution < 1.29 is 0 Å². The second-order valence-electron chi connectivity index (χ2n) is 3.55. The average molecular weight is 217 g/mol. The van der Waals surface area contributed by atoms with E-state index >= 15 is 0 Å². The quantitative estimate of drug-likeness (QED) is 0.617. The van der Waals surface area contributed by atoms with Crippen molar-refractivity contribution in [2.45, 2.75) is 67.7 Å². The summed E-state index contributed by atoms with van der Waals surface area (Å²) < 4.78 is 0. The zero-order valence-corrected chi connectivity index (χ0v) is 12.6. The van der Waals surface area contributed by atoms with Crippen LogP contribution in [-0.4, -0.2) is 25.0 Å². The summed E-state index contributed by atoms with van der Waals surface area (Å²) in [4.78, 5) is 2.38. The molecule has 0 saturated carbocycles. The van der Waals surface area contributed by atoms with Crippen LogP contribution in [-0.2, 0) is 0 Å². The Balaban J connectivity index is -0.000000318. The Morgan fingerprint density at radius 2 is 1.47 bits per heavy atom. The maximum absolute atomic E-state index is 2.38. The Morgan fingerprint density at radius 3 is 1.80 bits per heavy atom. The third kappa shape index (κ3) is 20.1. The lowest BCUT2D eigenvalue weighted by Gasteiger charge is -2.14. The molecular weight excluding hydrogens is 182 g/mol. The second-order valence-corrected chi connectivity index (χ2v) is 3.55. The van der Waals surface area contributed by atoms with Crippen LogP contribution in [0.4, 0.5) is 0 Å². The van der Waals surface area contributed by atoms with E-state index in [1.807, 2.05) is 27.7 Å². The molecule has 0 spiro atoms. The molecule has 0 unspecified atom stereocenters. The Hall–Kier alpha value is -0.0400. The molecule has 0 fully saturated rings. The van der Waals surface area contributed by atoms with Crippen LogP contribution < -0.4 is 0 Å². The van der Waals surface area contributed by atoms with Gasteiger partial charge in [0.25, 0.3) is 0 Å². The van der Waals surface area contributed by atoms with Crippen LogP contribution in [0.1, 0.15) is 67.7 Å². The predicted molar refractivity (Wildman–Crippen MR) is 74.6 cm³/mol. The Kier molecular flexibility index (Phi) is 26.5. The normalized spacial score (nSPS) is 11.0. The molecule has 0 bridgehead atoms. The van der Waals surface area contributed by atoms with Crippen molar-refractivity contribution in [3.63, 3.8) is 0 Å². The van der Waals surface area contributed by atoms with Crippen molar-refractivity contribution in [3.8, 4) is 0 Å². The number of hydrogen-bond acceptors (Lipinski definition) is 1. The summed E-state index contributed by atoms with van der Waals surface area (Å²) in [6.07, 6.45) is 4.08. The molecule has 0 saturated heterocycles. The van der Waals surface area contributed by atoms with Gasteiger partial charge in [0, 0.05) is 0 Å². The van der Waals surface area contributed by atoms with Crippen LogP contribution in [0.25, 0.3) is 0 Å². The van der Waals surface area contributed by atoms with Gasteiger partial charge in [-0.3, -0.25) is 0 Å². The molecule has 1 nitrogen and oxygen atoms in total. The van der Waals surface area contributed by atoms with Crippen molar-refractivity contribution in [1.82, 2.24) is 4.90 Å². The molecule has 0 aromatic heterocycles.